The lowest BCUT2D eigenvalue weighted by molar-refractivity contribution is 0.0932. The molecule has 1 aliphatic rings. The molecule has 1 fully saturated rings. The zero-order valence-electron chi connectivity index (χ0n) is 14.1. The largest absolute Gasteiger partial charge is 0.383 e. The number of thioether (sulfide) groups is 1. The molecule has 0 radical (unpaired) electrons. The quantitative estimate of drug-likeness (QED) is 0.603. The molecule has 7 heteroatoms. The summed E-state index contributed by atoms with van der Waals surface area (Å²) >= 11 is 1.60. The maximum Gasteiger partial charge on any atom is 0.254 e. The van der Waals surface area contributed by atoms with Crippen LogP contribution in [0.15, 0.2) is 11.1 Å². The number of ether oxygens (including phenoxy) is 2. The second-order valence-corrected chi connectivity index (χ2v) is 6.51. The second kappa shape index (κ2) is 9.10. The number of amides is 1. The van der Waals surface area contributed by atoms with Gasteiger partial charge in [0.25, 0.3) is 5.91 Å². The van der Waals surface area contributed by atoms with Crippen molar-refractivity contribution in [3.8, 4) is 0 Å². The van der Waals surface area contributed by atoms with Crippen LogP contribution in [0.4, 0.5) is 5.82 Å². The van der Waals surface area contributed by atoms with E-state index in [0.717, 1.165) is 48.5 Å². The number of nitrogens with zero attached hydrogens (tertiary/aromatic N) is 2. The van der Waals surface area contributed by atoms with Crippen molar-refractivity contribution in [1.82, 2.24) is 10.3 Å². The lowest BCUT2D eigenvalue weighted by atomic mass is 10.1. The minimum atomic E-state index is -0.0865. The maximum absolute atomic E-state index is 12.5. The fourth-order valence-corrected chi connectivity index (χ4v) is 3.28. The molecule has 1 N–H and O–H groups in total. The Bertz CT molecular complexity index is 534. The van der Waals surface area contributed by atoms with Crippen LogP contribution in [0.3, 0.4) is 0 Å². The number of nitrogens with one attached hydrogen (secondary N) is 1. The van der Waals surface area contributed by atoms with Crippen LogP contribution in [0, 0.1) is 6.92 Å². The highest BCUT2D eigenvalue weighted by molar-refractivity contribution is 7.99. The molecule has 1 amide bonds. The van der Waals surface area contributed by atoms with E-state index >= 15 is 0 Å². The third kappa shape index (κ3) is 4.83. The number of anilines is 1. The Balaban J connectivity index is 2.24. The molecule has 2 heterocycles. The van der Waals surface area contributed by atoms with Crippen LogP contribution in [0.2, 0.25) is 0 Å². The van der Waals surface area contributed by atoms with Gasteiger partial charge in [-0.15, -0.1) is 11.8 Å². The standard InChI is InChI=1S/C16H25N3O3S/c1-4-23-16-14(15(20)17-5-8-21-3)12(2)11-13(18-16)19-6-9-22-10-7-19/h11H,4-10H2,1-3H3,(H,17,20). The summed E-state index contributed by atoms with van der Waals surface area (Å²) in [4.78, 5) is 19.4. The summed E-state index contributed by atoms with van der Waals surface area (Å²) in [6.07, 6.45) is 0. The third-order valence-corrected chi connectivity index (χ3v) is 4.46. The van der Waals surface area contributed by atoms with E-state index in [-0.39, 0.29) is 5.91 Å². The van der Waals surface area contributed by atoms with Gasteiger partial charge >= 0.3 is 0 Å². The van der Waals surface area contributed by atoms with Crippen molar-refractivity contribution in [3.63, 3.8) is 0 Å². The van der Waals surface area contributed by atoms with E-state index in [9.17, 15) is 4.79 Å². The highest BCUT2D eigenvalue weighted by atomic mass is 32.2. The number of rotatable bonds is 7. The van der Waals surface area contributed by atoms with Crippen molar-refractivity contribution in [2.75, 3.05) is 57.2 Å². The summed E-state index contributed by atoms with van der Waals surface area (Å²) < 4.78 is 10.4. The summed E-state index contributed by atoms with van der Waals surface area (Å²) in [6, 6.07) is 2.00. The van der Waals surface area contributed by atoms with E-state index < -0.39 is 0 Å². The van der Waals surface area contributed by atoms with Gasteiger partial charge < -0.3 is 19.7 Å². The molecule has 2 rings (SSSR count). The molecule has 23 heavy (non-hydrogen) atoms. The Labute approximate surface area is 141 Å². The zero-order chi connectivity index (χ0) is 16.7. The van der Waals surface area contributed by atoms with Crippen LogP contribution in [0.1, 0.15) is 22.8 Å². The molecule has 1 aliphatic heterocycles. The summed E-state index contributed by atoms with van der Waals surface area (Å²) in [7, 11) is 1.62. The Morgan fingerprint density at radius 3 is 2.87 bits per heavy atom. The van der Waals surface area contributed by atoms with Gasteiger partial charge in [-0.1, -0.05) is 6.92 Å². The van der Waals surface area contributed by atoms with Crippen molar-refractivity contribution in [2.24, 2.45) is 0 Å². The van der Waals surface area contributed by atoms with Gasteiger partial charge in [0, 0.05) is 26.7 Å². The van der Waals surface area contributed by atoms with Gasteiger partial charge in [-0.25, -0.2) is 4.98 Å². The third-order valence-electron chi connectivity index (χ3n) is 3.60. The fraction of sp³-hybridized carbons (Fsp3) is 0.625. The first-order valence-corrected chi connectivity index (χ1v) is 8.90. The molecule has 0 aromatic carbocycles. The van der Waals surface area contributed by atoms with Gasteiger partial charge in [0.05, 0.1) is 25.4 Å². The monoisotopic (exact) mass is 339 g/mol. The number of aromatic nitrogens is 1. The van der Waals surface area contributed by atoms with Gasteiger partial charge in [0.15, 0.2) is 0 Å². The van der Waals surface area contributed by atoms with Gasteiger partial charge in [-0.2, -0.15) is 0 Å². The van der Waals surface area contributed by atoms with Crippen molar-refractivity contribution in [1.29, 1.82) is 0 Å². The summed E-state index contributed by atoms with van der Waals surface area (Å²) in [6.45, 7) is 8.14. The molecular weight excluding hydrogens is 314 g/mol. The first-order chi connectivity index (χ1) is 11.2. The van der Waals surface area contributed by atoms with Crippen molar-refractivity contribution in [3.05, 3.63) is 17.2 Å². The first-order valence-electron chi connectivity index (χ1n) is 7.91. The number of hydrogen-bond acceptors (Lipinski definition) is 6. The topological polar surface area (TPSA) is 63.7 Å². The lowest BCUT2D eigenvalue weighted by Crippen LogP contribution is -2.37. The Hall–Kier alpha value is -1.31. The molecule has 1 saturated heterocycles. The molecule has 0 aliphatic carbocycles. The van der Waals surface area contributed by atoms with Gasteiger partial charge in [0.2, 0.25) is 0 Å². The number of morpholine rings is 1. The van der Waals surface area contributed by atoms with E-state index in [1.807, 2.05) is 13.0 Å². The summed E-state index contributed by atoms with van der Waals surface area (Å²) in [5, 5.41) is 3.68. The fourth-order valence-electron chi connectivity index (χ4n) is 2.45. The molecule has 0 bridgehead atoms. The molecule has 0 atom stereocenters. The number of aryl methyl sites for hydroxylation is 1. The Kier molecular flexibility index (Phi) is 7.14. The minimum absolute atomic E-state index is 0.0865. The number of carbonyl (C=O) groups excluding carboxylic acids is 1. The van der Waals surface area contributed by atoms with E-state index in [1.54, 1.807) is 18.9 Å². The average molecular weight is 339 g/mol. The summed E-state index contributed by atoms with van der Waals surface area (Å²) in [5.74, 6) is 1.71. The molecule has 6 nitrogen and oxygen atoms in total. The number of methoxy groups -OCH3 is 1. The van der Waals surface area contributed by atoms with Crippen LogP contribution < -0.4 is 10.2 Å². The first kappa shape index (κ1) is 18.0. The molecule has 0 unspecified atom stereocenters. The van der Waals surface area contributed by atoms with Gasteiger partial charge in [-0.05, 0) is 24.3 Å². The number of hydrogen-bond donors (Lipinski definition) is 1. The van der Waals surface area contributed by atoms with Crippen molar-refractivity contribution < 1.29 is 14.3 Å². The van der Waals surface area contributed by atoms with Crippen molar-refractivity contribution in [2.45, 2.75) is 18.9 Å². The van der Waals surface area contributed by atoms with E-state index in [1.165, 1.54) is 0 Å². The highest BCUT2D eigenvalue weighted by Gasteiger charge is 2.20. The minimum Gasteiger partial charge on any atom is -0.383 e. The molecule has 1 aromatic heterocycles. The van der Waals surface area contributed by atoms with Crippen LogP contribution in [-0.2, 0) is 9.47 Å². The highest BCUT2D eigenvalue weighted by Crippen LogP contribution is 2.27. The Morgan fingerprint density at radius 1 is 1.48 bits per heavy atom. The maximum atomic E-state index is 12.5. The van der Waals surface area contributed by atoms with E-state index in [0.29, 0.717) is 18.7 Å². The van der Waals surface area contributed by atoms with Crippen LogP contribution in [0.25, 0.3) is 0 Å². The normalized spacial score (nSPS) is 14.8. The molecule has 0 saturated carbocycles. The smallest absolute Gasteiger partial charge is 0.254 e. The van der Waals surface area contributed by atoms with E-state index in [4.69, 9.17) is 14.5 Å². The number of pyridine rings is 1. The summed E-state index contributed by atoms with van der Waals surface area (Å²) in [5.41, 5.74) is 1.62. The predicted molar refractivity (Wildman–Crippen MR) is 92.6 cm³/mol. The second-order valence-electron chi connectivity index (χ2n) is 5.26. The van der Waals surface area contributed by atoms with Crippen LogP contribution >= 0.6 is 11.8 Å². The SMILES string of the molecule is CCSc1nc(N2CCOCC2)cc(C)c1C(=O)NCCOC. The predicted octanol–water partition coefficient (Wildman–Crippen LogP) is 1.71. The van der Waals surface area contributed by atoms with Gasteiger partial charge in [-0.3, -0.25) is 4.79 Å². The molecule has 128 valence electrons. The van der Waals surface area contributed by atoms with E-state index in [2.05, 4.69) is 17.1 Å². The Morgan fingerprint density at radius 2 is 2.22 bits per heavy atom. The van der Waals surface area contributed by atoms with Crippen LogP contribution in [0.5, 0.6) is 0 Å². The van der Waals surface area contributed by atoms with Crippen LogP contribution in [-0.4, -0.2) is 63.2 Å². The molecular formula is C16H25N3O3S. The van der Waals surface area contributed by atoms with Gasteiger partial charge in [0.1, 0.15) is 10.8 Å². The zero-order valence-corrected chi connectivity index (χ0v) is 14.9. The number of carbonyl (C=O) groups is 1. The average Bonchev–Trinajstić information content (AvgIpc) is 2.55. The molecule has 0 spiro atoms. The lowest BCUT2D eigenvalue weighted by Gasteiger charge is -2.28. The molecule has 1 aromatic rings. The van der Waals surface area contributed by atoms with Crippen molar-refractivity contribution >= 4 is 23.5 Å².